The molecule has 0 atom stereocenters. The van der Waals surface area contributed by atoms with Gasteiger partial charge in [-0.25, -0.2) is 0 Å². The first-order valence-electron chi connectivity index (χ1n) is 4.79. The zero-order valence-electron chi connectivity index (χ0n) is 8.83. The van der Waals surface area contributed by atoms with E-state index in [0.29, 0.717) is 5.56 Å². The lowest BCUT2D eigenvalue weighted by atomic mass is 10.0. The predicted molar refractivity (Wildman–Crippen MR) is 63.4 cm³/mol. The molecule has 1 rings (SSSR count). The molecule has 0 heterocycles. The predicted octanol–water partition coefficient (Wildman–Crippen LogP) is 2.57. The molecule has 4 heteroatoms. The van der Waals surface area contributed by atoms with Gasteiger partial charge in [-0.05, 0) is 19.1 Å². The van der Waals surface area contributed by atoms with E-state index in [4.69, 9.17) is 0 Å². The van der Waals surface area contributed by atoms with Crippen LogP contribution < -0.4 is 0 Å². The van der Waals surface area contributed by atoms with Crippen molar-refractivity contribution in [3.63, 3.8) is 0 Å². The van der Waals surface area contributed by atoms with Gasteiger partial charge in [-0.3, -0.25) is 14.4 Å². The summed E-state index contributed by atoms with van der Waals surface area (Å²) < 4.78 is 0.874. The summed E-state index contributed by atoms with van der Waals surface area (Å²) in [6.07, 6.45) is -0.372. The minimum absolute atomic E-state index is 0.164. The minimum Gasteiger partial charge on any atom is -0.300 e. The van der Waals surface area contributed by atoms with E-state index in [1.807, 2.05) is 0 Å². The van der Waals surface area contributed by atoms with Crippen molar-refractivity contribution in [3.8, 4) is 0 Å². The molecule has 0 aliphatic heterocycles. The van der Waals surface area contributed by atoms with Crippen molar-refractivity contribution in [1.82, 2.24) is 0 Å². The molecule has 0 N–H and O–H groups in total. The molecule has 0 bridgehead atoms. The Morgan fingerprint density at radius 2 is 1.62 bits per heavy atom. The Hall–Kier alpha value is -1.29. The molecule has 0 amide bonds. The number of ketones is 3. The van der Waals surface area contributed by atoms with E-state index in [-0.39, 0.29) is 30.2 Å². The third-order valence-electron chi connectivity index (χ3n) is 1.97. The highest BCUT2D eigenvalue weighted by atomic mass is 79.9. The van der Waals surface area contributed by atoms with Gasteiger partial charge in [0.15, 0.2) is 5.78 Å². The highest BCUT2D eigenvalue weighted by Gasteiger charge is 2.12. The molecule has 84 valence electrons. The average molecular weight is 283 g/mol. The standard InChI is InChI=1S/C12H11BrO3/c1-8(14)6-11(15)7-12(16)9-2-4-10(13)5-3-9/h2-5H,6-7H2,1H3. The lowest BCUT2D eigenvalue weighted by Gasteiger charge is -1.99. The van der Waals surface area contributed by atoms with Crippen LogP contribution in [0.1, 0.15) is 30.1 Å². The summed E-state index contributed by atoms with van der Waals surface area (Å²) in [4.78, 5) is 33.5. The Balaban J connectivity index is 2.62. The molecule has 0 saturated heterocycles. The van der Waals surface area contributed by atoms with Crippen molar-refractivity contribution >= 4 is 33.3 Å². The Morgan fingerprint density at radius 1 is 1.06 bits per heavy atom. The Kier molecular flexibility index (Phi) is 4.55. The van der Waals surface area contributed by atoms with Gasteiger partial charge in [0.05, 0.1) is 12.8 Å². The first-order chi connectivity index (χ1) is 7.49. The quantitative estimate of drug-likeness (QED) is 0.616. The Morgan fingerprint density at radius 3 is 2.12 bits per heavy atom. The zero-order valence-corrected chi connectivity index (χ0v) is 10.4. The second-order valence-corrected chi connectivity index (χ2v) is 4.44. The van der Waals surface area contributed by atoms with Crippen molar-refractivity contribution in [2.24, 2.45) is 0 Å². The number of benzene rings is 1. The number of hydrogen-bond acceptors (Lipinski definition) is 3. The summed E-state index contributed by atoms with van der Waals surface area (Å²) in [5.74, 6) is -0.798. The van der Waals surface area contributed by atoms with Gasteiger partial charge in [0.2, 0.25) is 0 Å². The Labute approximate surface area is 102 Å². The van der Waals surface area contributed by atoms with Crippen LogP contribution in [0.15, 0.2) is 28.7 Å². The first kappa shape index (κ1) is 12.8. The van der Waals surface area contributed by atoms with Crippen LogP contribution in [0.2, 0.25) is 0 Å². The topological polar surface area (TPSA) is 51.2 Å². The molecule has 0 aromatic heterocycles. The monoisotopic (exact) mass is 282 g/mol. The van der Waals surface area contributed by atoms with Crippen molar-refractivity contribution in [1.29, 1.82) is 0 Å². The molecular weight excluding hydrogens is 272 g/mol. The third kappa shape index (κ3) is 4.06. The van der Waals surface area contributed by atoms with Crippen molar-refractivity contribution < 1.29 is 14.4 Å². The maximum Gasteiger partial charge on any atom is 0.170 e. The number of carbonyl (C=O) groups excluding carboxylic acids is 3. The lowest BCUT2D eigenvalue weighted by molar-refractivity contribution is -0.125. The first-order valence-corrected chi connectivity index (χ1v) is 5.58. The number of carbonyl (C=O) groups is 3. The molecule has 1 aromatic rings. The summed E-state index contributed by atoms with van der Waals surface area (Å²) in [6.45, 7) is 1.34. The van der Waals surface area contributed by atoms with Crippen LogP contribution in [0.4, 0.5) is 0 Å². The maximum absolute atomic E-state index is 11.6. The molecule has 0 radical (unpaired) electrons. The summed E-state index contributed by atoms with van der Waals surface area (Å²) >= 11 is 3.26. The van der Waals surface area contributed by atoms with Gasteiger partial charge in [-0.15, -0.1) is 0 Å². The number of Topliss-reactive ketones (excluding diaryl/α,β-unsaturated/α-hetero) is 3. The lowest BCUT2D eigenvalue weighted by Crippen LogP contribution is -2.11. The summed E-state index contributed by atoms with van der Waals surface area (Å²) in [5.41, 5.74) is 0.486. The highest BCUT2D eigenvalue weighted by molar-refractivity contribution is 9.10. The van der Waals surface area contributed by atoms with Gasteiger partial charge < -0.3 is 0 Å². The SMILES string of the molecule is CC(=O)CC(=O)CC(=O)c1ccc(Br)cc1. The van der Waals surface area contributed by atoms with Gasteiger partial charge in [0.1, 0.15) is 11.6 Å². The van der Waals surface area contributed by atoms with E-state index >= 15 is 0 Å². The van der Waals surface area contributed by atoms with Crippen LogP contribution in [0, 0.1) is 0 Å². The minimum atomic E-state index is -0.333. The van der Waals surface area contributed by atoms with E-state index in [9.17, 15) is 14.4 Å². The van der Waals surface area contributed by atoms with Crippen molar-refractivity contribution in [2.45, 2.75) is 19.8 Å². The van der Waals surface area contributed by atoms with E-state index < -0.39 is 0 Å². The highest BCUT2D eigenvalue weighted by Crippen LogP contribution is 2.12. The van der Waals surface area contributed by atoms with Gasteiger partial charge in [-0.2, -0.15) is 0 Å². The van der Waals surface area contributed by atoms with E-state index in [0.717, 1.165) is 4.47 Å². The normalized spacial score (nSPS) is 9.88. The fourth-order valence-corrected chi connectivity index (χ4v) is 1.52. The van der Waals surface area contributed by atoms with E-state index in [1.54, 1.807) is 24.3 Å². The summed E-state index contributed by atoms with van der Waals surface area (Å²) in [6, 6.07) is 6.77. The Bertz CT molecular complexity index is 420. The number of hydrogen-bond donors (Lipinski definition) is 0. The average Bonchev–Trinajstić information content (AvgIpc) is 2.16. The van der Waals surface area contributed by atoms with Crippen LogP contribution in [-0.2, 0) is 9.59 Å². The number of rotatable bonds is 5. The zero-order chi connectivity index (χ0) is 12.1. The molecule has 1 aromatic carbocycles. The van der Waals surface area contributed by atoms with Crippen molar-refractivity contribution in [2.75, 3.05) is 0 Å². The summed E-state index contributed by atoms with van der Waals surface area (Å²) in [7, 11) is 0. The molecule has 0 saturated carbocycles. The third-order valence-corrected chi connectivity index (χ3v) is 2.50. The van der Waals surface area contributed by atoms with Crippen LogP contribution in [0.3, 0.4) is 0 Å². The van der Waals surface area contributed by atoms with E-state index in [2.05, 4.69) is 15.9 Å². The van der Waals surface area contributed by atoms with E-state index in [1.165, 1.54) is 6.92 Å². The van der Waals surface area contributed by atoms with Gasteiger partial charge in [0.25, 0.3) is 0 Å². The second kappa shape index (κ2) is 5.70. The molecule has 3 nitrogen and oxygen atoms in total. The smallest absolute Gasteiger partial charge is 0.170 e. The van der Waals surface area contributed by atoms with Crippen LogP contribution in [0.5, 0.6) is 0 Å². The largest absolute Gasteiger partial charge is 0.300 e. The molecule has 0 unspecified atom stereocenters. The molecule has 16 heavy (non-hydrogen) atoms. The second-order valence-electron chi connectivity index (χ2n) is 3.52. The van der Waals surface area contributed by atoms with Gasteiger partial charge in [0, 0.05) is 10.0 Å². The number of halogens is 1. The van der Waals surface area contributed by atoms with Gasteiger partial charge >= 0.3 is 0 Å². The van der Waals surface area contributed by atoms with Gasteiger partial charge in [-0.1, -0.05) is 28.1 Å². The van der Waals surface area contributed by atoms with Crippen LogP contribution >= 0.6 is 15.9 Å². The fraction of sp³-hybridized carbons (Fsp3) is 0.250. The molecule has 0 aliphatic rings. The maximum atomic E-state index is 11.6. The van der Waals surface area contributed by atoms with Crippen molar-refractivity contribution in [3.05, 3.63) is 34.3 Å². The molecule has 0 fully saturated rings. The van der Waals surface area contributed by atoms with Crippen LogP contribution in [-0.4, -0.2) is 17.3 Å². The molecule has 0 aliphatic carbocycles. The van der Waals surface area contributed by atoms with Crippen LogP contribution in [0.25, 0.3) is 0 Å². The molecular formula is C12H11BrO3. The fourth-order valence-electron chi connectivity index (χ4n) is 1.26. The molecule has 0 spiro atoms. The summed E-state index contributed by atoms with van der Waals surface area (Å²) in [5, 5.41) is 0.